The standard InChI is InChI=1S/C20H15ClFN5O/c21-16-6-5-14(10-17(16)22)26-18(28)9-12-1-3-13(4-2-12)27-20-15-7-8-23-19(15)24-11-25-20/h1-8,10-11H,9H2,(H,26,28)(H2,23,24,25,27). The maximum absolute atomic E-state index is 13.5. The zero-order valence-corrected chi connectivity index (χ0v) is 15.3. The lowest BCUT2D eigenvalue weighted by Crippen LogP contribution is -2.14. The first kappa shape index (κ1) is 17.9. The van der Waals surface area contributed by atoms with E-state index in [-0.39, 0.29) is 17.4 Å². The number of nitrogens with zero attached hydrogens (tertiary/aromatic N) is 2. The lowest BCUT2D eigenvalue weighted by Gasteiger charge is -2.09. The molecule has 6 nitrogen and oxygen atoms in total. The summed E-state index contributed by atoms with van der Waals surface area (Å²) in [7, 11) is 0. The number of benzene rings is 2. The van der Waals surface area contributed by atoms with Gasteiger partial charge in [0, 0.05) is 17.6 Å². The average Bonchev–Trinajstić information content (AvgIpc) is 3.16. The van der Waals surface area contributed by atoms with Crippen molar-refractivity contribution < 1.29 is 9.18 Å². The van der Waals surface area contributed by atoms with Crippen LogP contribution in [0.1, 0.15) is 5.56 Å². The lowest BCUT2D eigenvalue weighted by atomic mass is 10.1. The van der Waals surface area contributed by atoms with E-state index in [1.165, 1.54) is 18.5 Å². The Labute approximate surface area is 164 Å². The van der Waals surface area contributed by atoms with Crippen molar-refractivity contribution in [2.24, 2.45) is 0 Å². The van der Waals surface area contributed by atoms with E-state index in [4.69, 9.17) is 11.6 Å². The zero-order chi connectivity index (χ0) is 19.5. The molecule has 0 bridgehead atoms. The lowest BCUT2D eigenvalue weighted by molar-refractivity contribution is -0.115. The van der Waals surface area contributed by atoms with E-state index in [0.29, 0.717) is 11.5 Å². The molecule has 0 aliphatic carbocycles. The van der Waals surface area contributed by atoms with Gasteiger partial charge in [0.1, 0.15) is 23.6 Å². The number of aromatic amines is 1. The van der Waals surface area contributed by atoms with Crippen molar-refractivity contribution in [1.82, 2.24) is 15.0 Å². The molecule has 28 heavy (non-hydrogen) atoms. The second-order valence-electron chi connectivity index (χ2n) is 6.14. The van der Waals surface area contributed by atoms with Crippen LogP contribution in [0, 0.1) is 5.82 Å². The molecule has 4 aromatic rings. The fraction of sp³-hybridized carbons (Fsp3) is 0.0500. The molecule has 0 radical (unpaired) electrons. The number of amides is 1. The number of rotatable bonds is 5. The van der Waals surface area contributed by atoms with E-state index in [2.05, 4.69) is 25.6 Å². The van der Waals surface area contributed by atoms with Gasteiger partial charge in [-0.15, -0.1) is 0 Å². The van der Waals surface area contributed by atoms with Crippen molar-refractivity contribution in [2.75, 3.05) is 10.6 Å². The third-order valence-electron chi connectivity index (χ3n) is 4.14. The third kappa shape index (κ3) is 3.94. The normalized spacial score (nSPS) is 10.8. The second kappa shape index (κ2) is 7.66. The smallest absolute Gasteiger partial charge is 0.228 e. The van der Waals surface area contributed by atoms with Crippen LogP contribution in [0.4, 0.5) is 21.6 Å². The number of aromatic nitrogens is 3. The Balaban J connectivity index is 1.41. The highest BCUT2D eigenvalue weighted by atomic mass is 35.5. The molecule has 4 rings (SSSR count). The number of nitrogens with one attached hydrogen (secondary N) is 3. The van der Waals surface area contributed by atoms with Crippen LogP contribution in [0.5, 0.6) is 0 Å². The number of anilines is 3. The van der Waals surface area contributed by atoms with E-state index in [1.807, 2.05) is 30.3 Å². The van der Waals surface area contributed by atoms with Gasteiger partial charge in [-0.3, -0.25) is 4.79 Å². The van der Waals surface area contributed by atoms with E-state index in [9.17, 15) is 9.18 Å². The minimum Gasteiger partial charge on any atom is -0.346 e. The van der Waals surface area contributed by atoms with Crippen LogP contribution in [-0.2, 0) is 11.2 Å². The van der Waals surface area contributed by atoms with Gasteiger partial charge in [-0.05, 0) is 42.0 Å². The van der Waals surface area contributed by atoms with Gasteiger partial charge in [-0.1, -0.05) is 23.7 Å². The number of carbonyl (C=O) groups excluding carboxylic acids is 1. The summed E-state index contributed by atoms with van der Waals surface area (Å²) >= 11 is 5.64. The summed E-state index contributed by atoms with van der Waals surface area (Å²) in [5.41, 5.74) is 2.78. The van der Waals surface area contributed by atoms with Crippen LogP contribution in [-0.4, -0.2) is 20.9 Å². The van der Waals surface area contributed by atoms with Gasteiger partial charge >= 0.3 is 0 Å². The first-order valence-corrected chi connectivity index (χ1v) is 8.85. The molecule has 0 unspecified atom stereocenters. The predicted molar refractivity (Wildman–Crippen MR) is 107 cm³/mol. The Kier molecular flexibility index (Phi) is 4.90. The molecule has 0 aliphatic rings. The van der Waals surface area contributed by atoms with E-state index < -0.39 is 5.82 Å². The zero-order valence-electron chi connectivity index (χ0n) is 14.5. The SMILES string of the molecule is O=C(Cc1ccc(Nc2ncnc3[nH]ccc23)cc1)Nc1ccc(Cl)c(F)c1. The summed E-state index contributed by atoms with van der Waals surface area (Å²) in [5, 5.41) is 6.80. The first-order valence-electron chi connectivity index (χ1n) is 8.47. The van der Waals surface area contributed by atoms with Crippen molar-refractivity contribution in [1.29, 1.82) is 0 Å². The Morgan fingerprint density at radius 2 is 1.86 bits per heavy atom. The molecule has 0 saturated carbocycles. The highest BCUT2D eigenvalue weighted by Gasteiger charge is 2.08. The minimum absolute atomic E-state index is 0.0155. The Morgan fingerprint density at radius 3 is 2.64 bits per heavy atom. The van der Waals surface area contributed by atoms with Crippen LogP contribution in [0.2, 0.25) is 5.02 Å². The molecule has 2 aromatic heterocycles. The number of carbonyl (C=O) groups is 1. The van der Waals surface area contributed by atoms with Crippen molar-refractivity contribution in [3.05, 3.63) is 77.5 Å². The summed E-state index contributed by atoms with van der Waals surface area (Å²) in [4.78, 5) is 23.6. The van der Waals surface area contributed by atoms with Crippen LogP contribution < -0.4 is 10.6 Å². The summed E-state index contributed by atoms with van der Waals surface area (Å²) in [5.74, 6) is -0.120. The van der Waals surface area contributed by atoms with Gasteiger partial charge < -0.3 is 15.6 Å². The van der Waals surface area contributed by atoms with Crippen molar-refractivity contribution in [3.63, 3.8) is 0 Å². The monoisotopic (exact) mass is 395 g/mol. The van der Waals surface area contributed by atoms with Gasteiger partial charge in [-0.25, -0.2) is 14.4 Å². The molecule has 0 aliphatic heterocycles. The molecule has 0 spiro atoms. The molecular weight excluding hydrogens is 381 g/mol. The van der Waals surface area contributed by atoms with Crippen LogP contribution in [0.3, 0.4) is 0 Å². The van der Waals surface area contributed by atoms with Gasteiger partial charge in [0.05, 0.1) is 16.8 Å². The second-order valence-corrected chi connectivity index (χ2v) is 6.55. The molecule has 2 aromatic carbocycles. The topological polar surface area (TPSA) is 82.7 Å². The molecule has 0 fully saturated rings. The molecular formula is C20H15ClFN5O. The van der Waals surface area contributed by atoms with Gasteiger partial charge in [-0.2, -0.15) is 0 Å². The molecule has 0 atom stereocenters. The molecule has 2 heterocycles. The van der Waals surface area contributed by atoms with Gasteiger partial charge in [0.15, 0.2) is 0 Å². The quantitative estimate of drug-likeness (QED) is 0.458. The maximum Gasteiger partial charge on any atom is 0.228 e. The highest BCUT2D eigenvalue weighted by molar-refractivity contribution is 6.30. The van der Waals surface area contributed by atoms with E-state index >= 15 is 0 Å². The van der Waals surface area contributed by atoms with E-state index in [0.717, 1.165) is 22.3 Å². The summed E-state index contributed by atoms with van der Waals surface area (Å²) in [6.07, 6.45) is 3.46. The van der Waals surface area contributed by atoms with Crippen LogP contribution in [0.25, 0.3) is 11.0 Å². The van der Waals surface area contributed by atoms with Crippen LogP contribution >= 0.6 is 11.6 Å². The fourth-order valence-corrected chi connectivity index (χ4v) is 2.90. The van der Waals surface area contributed by atoms with Crippen molar-refractivity contribution >= 4 is 45.7 Å². The average molecular weight is 396 g/mol. The predicted octanol–water partition coefficient (Wildman–Crippen LogP) is 4.68. The van der Waals surface area contributed by atoms with Gasteiger partial charge in [0.2, 0.25) is 5.91 Å². The molecule has 1 amide bonds. The van der Waals surface area contributed by atoms with E-state index in [1.54, 1.807) is 12.3 Å². The number of fused-ring (bicyclic) bond motifs is 1. The third-order valence-corrected chi connectivity index (χ3v) is 4.45. The molecule has 0 saturated heterocycles. The summed E-state index contributed by atoms with van der Waals surface area (Å²) < 4.78 is 13.5. The molecule has 3 N–H and O–H groups in total. The van der Waals surface area contributed by atoms with Crippen molar-refractivity contribution in [3.8, 4) is 0 Å². The minimum atomic E-state index is -0.573. The number of hydrogen-bond acceptors (Lipinski definition) is 4. The fourth-order valence-electron chi connectivity index (χ4n) is 2.78. The largest absolute Gasteiger partial charge is 0.346 e. The molecule has 8 heteroatoms. The number of halogens is 2. The Bertz CT molecular complexity index is 1140. The number of H-pyrrole nitrogens is 1. The highest BCUT2D eigenvalue weighted by Crippen LogP contribution is 2.23. The molecule has 140 valence electrons. The Hall–Kier alpha value is -3.45. The summed E-state index contributed by atoms with van der Waals surface area (Å²) in [6, 6.07) is 13.5. The maximum atomic E-state index is 13.5. The van der Waals surface area contributed by atoms with Gasteiger partial charge in [0.25, 0.3) is 0 Å². The van der Waals surface area contributed by atoms with Crippen LogP contribution in [0.15, 0.2) is 61.1 Å². The first-order chi connectivity index (χ1) is 13.6. The Morgan fingerprint density at radius 1 is 1.07 bits per heavy atom. The summed E-state index contributed by atoms with van der Waals surface area (Å²) in [6.45, 7) is 0. The van der Waals surface area contributed by atoms with Crippen molar-refractivity contribution in [2.45, 2.75) is 6.42 Å². The number of hydrogen-bond donors (Lipinski definition) is 3.